The zero-order chi connectivity index (χ0) is 14.8. The van der Waals surface area contributed by atoms with Crippen molar-refractivity contribution < 1.29 is 9.13 Å². The van der Waals surface area contributed by atoms with E-state index in [1.54, 1.807) is 6.07 Å². The molecule has 8 heteroatoms. The number of nitrogens with zero attached hydrogens (tertiary/aromatic N) is 3. The smallest absolute Gasteiger partial charge is 0.271 e. The van der Waals surface area contributed by atoms with E-state index < -0.39 is 15.7 Å². The Morgan fingerprint density at radius 1 is 1.29 bits per heavy atom. The van der Waals surface area contributed by atoms with Gasteiger partial charge < -0.3 is 5.32 Å². The Kier molecular flexibility index (Phi) is 3.89. The topological polar surface area (TPSA) is 98.0 Å². The number of benzene rings is 1. The highest BCUT2D eigenvalue weighted by Gasteiger charge is 2.22. The van der Waals surface area contributed by atoms with Gasteiger partial charge in [0.25, 0.3) is 5.69 Å². The molecule has 0 unspecified atom stereocenters. The second-order valence-electron chi connectivity index (χ2n) is 4.89. The number of aromatic nitrogens is 2. The fraction of sp³-hybridized carbons (Fsp3) is 0.385. The first-order valence-corrected chi connectivity index (χ1v) is 7.89. The van der Waals surface area contributed by atoms with Gasteiger partial charge >= 0.3 is 0 Å². The van der Waals surface area contributed by atoms with E-state index in [9.17, 15) is 14.3 Å². The van der Waals surface area contributed by atoms with Crippen LogP contribution in [0.1, 0.15) is 12.8 Å². The van der Waals surface area contributed by atoms with Gasteiger partial charge in [0.1, 0.15) is 5.03 Å². The fourth-order valence-electron chi connectivity index (χ4n) is 2.37. The van der Waals surface area contributed by atoms with Gasteiger partial charge in [0.15, 0.2) is 0 Å². The lowest BCUT2D eigenvalue weighted by molar-refractivity contribution is -0.384. The van der Waals surface area contributed by atoms with Crippen LogP contribution in [0.5, 0.6) is 0 Å². The molecule has 2 aromatic rings. The highest BCUT2D eigenvalue weighted by molar-refractivity contribution is 7.85. The molecule has 1 atom stereocenters. The number of hydrogen-bond donors (Lipinski definition) is 1. The fourth-order valence-corrected chi connectivity index (χ4v) is 3.72. The number of nitro groups is 1. The quantitative estimate of drug-likeness (QED) is 0.680. The zero-order valence-corrected chi connectivity index (χ0v) is 12.0. The summed E-state index contributed by atoms with van der Waals surface area (Å²) in [5, 5.41) is 14.5. The van der Waals surface area contributed by atoms with Crippen LogP contribution in [0.3, 0.4) is 0 Å². The largest absolute Gasteiger partial charge is 0.317 e. The summed E-state index contributed by atoms with van der Waals surface area (Å²) in [6.45, 7) is 1.73. The van der Waals surface area contributed by atoms with Crippen molar-refractivity contribution in [2.75, 3.05) is 13.1 Å². The molecule has 0 amide bonds. The summed E-state index contributed by atoms with van der Waals surface area (Å²) in [6, 6.07) is 4.30. The van der Waals surface area contributed by atoms with Crippen molar-refractivity contribution in [3.63, 3.8) is 0 Å². The van der Waals surface area contributed by atoms with Crippen molar-refractivity contribution in [1.29, 1.82) is 0 Å². The molecule has 1 aliphatic rings. The molecule has 0 spiro atoms. The predicted octanol–water partition coefficient (Wildman–Crippen LogP) is 1.40. The Morgan fingerprint density at radius 2 is 2.05 bits per heavy atom. The van der Waals surface area contributed by atoms with Crippen LogP contribution in [-0.4, -0.2) is 37.4 Å². The maximum Gasteiger partial charge on any atom is 0.271 e. The molecule has 7 nitrogen and oxygen atoms in total. The summed E-state index contributed by atoms with van der Waals surface area (Å²) >= 11 is 0. The van der Waals surface area contributed by atoms with Crippen LogP contribution in [0, 0.1) is 10.1 Å². The van der Waals surface area contributed by atoms with Crippen molar-refractivity contribution in [2.45, 2.75) is 23.1 Å². The third-order valence-electron chi connectivity index (χ3n) is 3.51. The van der Waals surface area contributed by atoms with Crippen LogP contribution in [0.2, 0.25) is 0 Å². The summed E-state index contributed by atoms with van der Waals surface area (Å²) in [7, 11) is -1.19. The van der Waals surface area contributed by atoms with E-state index in [2.05, 4.69) is 15.3 Å². The van der Waals surface area contributed by atoms with Gasteiger partial charge in [-0.3, -0.25) is 19.3 Å². The Morgan fingerprint density at radius 3 is 2.76 bits per heavy atom. The zero-order valence-electron chi connectivity index (χ0n) is 11.2. The second kappa shape index (κ2) is 5.82. The number of rotatable bonds is 3. The van der Waals surface area contributed by atoms with E-state index >= 15 is 0 Å². The van der Waals surface area contributed by atoms with Crippen LogP contribution in [0.15, 0.2) is 29.4 Å². The van der Waals surface area contributed by atoms with Gasteiger partial charge in [0, 0.05) is 17.4 Å². The second-order valence-corrected chi connectivity index (χ2v) is 6.56. The lowest BCUT2D eigenvalue weighted by Gasteiger charge is -2.21. The van der Waals surface area contributed by atoms with Crippen molar-refractivity contribution in [1.82, 2.24) is 15.3 Å². The summed E-state index contributed by atoms with van der Waals surface area (Å²) in [5.41, 5.74) is 0.944. The van der Waals surface area contributed by atoms with E-state index in [1.807, 2.05) is 0 Å². The molecule has 1 aromatic carbocycles. The SMILES string of the molecule is O=[N+]([O-])c1ccc2nc([S@](=O)C3CCNCC3)cnc2c1. The molecule has 0 radical (unpaired) electrons. The van der Waals surface area contributed by atoms with Crippen LogP contribution >= 0.6 is 0 Å². The molecule has 0 saturated carbocycles. The number of hydrogen-bond acceptors (Lipinski definition) is 6. The Balaban J connectivity index is 1.91. The van der Waals surface area contributed by atoms with Crippen LogP contribution in [0.4, 0.5) is 5.69 Å². The van der Waals surface area contributed by atoms with Crippen LogP contribution in [0.25, 0.3) is 11.0 Å². The first-order valence-electron chi connectivity index (χ1n) is 6.67. The molecule has 2 heterocycles. The van der Waals surface area contributed by atoms with Gasteiger partial charge in [0.05, 0.1) is 33.0 Å². The van der Waals surface area contributed by atoms with E-state index in [0.29, 0.717) is 16.1 Å². The normalized spacial score (nSPS) is 17.7. The third-order valence-corrected chi connectivity index (χ3v) is 5.20. The van der Waals surface area contributed by atoms with E-state index in [1.165, 1.54) is 18.3 Å². The lowest BCUT2D eigenvalue weighted by atomic mass is 10.2. The molecular weight excluding hydrogens is 292 g/mol. The minimum absolute atomic E-state index is 0.0240. The first kappa shape index (κ1) is 14.0. The number of nitrogens with one attached hydrogen (secondary N) is 1. The maximum absolute atomic E-state index is 12.5. The third kappa shape index (κ3) is 2.91. The molecule has 1 aliphatic heterocycles. The van der Waals surface area contributed by atoms with Crippen molar-refractivity contribution in [3.05, 3.63) is 34.5 Å². The highest BCUT2D eigenvalue weighted by Crippen LogP contribution is 2.21. The molecule has 1 N–H and O–H groups in total. The highest BCUT2D eigenvalue weighted by atomic mass is 32.2. The van der Waals surface area contributed by atoms with Crippen molar-refractivity contribution >= 4 is 27.5 Å². The summed E-state index contributed by atoms with van der Waals surface area (Å²) < 4.78 is 12.5. The lowest BCUT2D eigenvalue weighted by Crippen LogP contribution is -2.33. The van der Waals surface area contributed by atoms with Crippen LogP contribution in [-0.2, 0) is 10.8 Å². The van der Waals surface area contributed by atoms with Crippen molar-refractivity contribution in [3.8, 4) is 0 Å². The molecule has 0 bridgehead atoms. The number of non-ortho nitro benzene ring substituents is 1. The number of nitro benzene ring substituents is 1. The average molecular weight is 306 g/mol. The molecule has 1 fully saturated rings. The van der Waals surface area contributed by atoms with Crippen molar-refractivity contribution in [2.24, 2.45) is 0 Å². The minimum atomic E-state index is -1.19. The van der Waals surface area contributed by atoms with Gasteiger partial charge in [-0.15, -0.1) is 0 Å². The Bertz CT molecular complexity index is 716. The van der Waals surface area contributed by atoms with Gasteiger partial charge in [-0.2, -0.15) is 0 Å². The number of piperidine rings is 1. The summed E-state index contributed by atoms with van der Waals surface area (Å²) in [4.78, 5) is 18.8. The Hall–Kier alpha value is -1.93. The summed E-state index contributed by atoms with van der Waals surface area (Å²) in [5.74, 6) is 0. The average Bonchev–Trinajstić information content (AvgIpc) is 2.54. The first-order chi connectivity index (χ1) is 10.1. The minimum Gasteiger partial charge on any atom is -0.317 e. The van der Waals surface area contributed by atoms with Gasteiger partial charge in [-0.1, -0.05) is 0 Å². The standard InChI is InChI=1S/C13H14N4O3S/c18-17(19)9-1-2-11-12(7-9)15-8-13(16-11)21(20)10-3-5-14-6-4-10/h1-2,7-8,10,14H,3-6H2/t21-/m1/s1. The molecule has 1 saturated heterocycles. The van der Waals surface area contributed by atoms with Gasteiger partial charge in [0.2, 0.25) is 0 Å². The van der Waals surface area contributed by atoms with Gasteiger partial charge in [-0.05, 0) is 32.0 Å². The monoisotopic (exact) mass is 306 g/mol. The molecule has 3 rings (SSSR count). The molecule has 0 aliphatic carbocycles. The van der Waals surface area contributed by atoms with E-state index in [0.717, 1.165) is 25.9 Å². The van der Waals surface area contributed by atoms with Gasteiger partial charge in [-0.25, -0.2) is 4.98 Å². The van der Waals surface area contributed by atoms with E-state index in [-0.39, 0.29) is 10.9 Å². The Labute approximate surface area is 123 Å². The molecular formula is C13H14N4O3S. The number of fused-ring (bicyclic) bond motifs is 1. The predicted molar refractivity (Wildman–Crippen MR) is 78.5 cm³/mol. The summed E-state index contributed by atoms with van der Waals surface area (Å²) in [6.07, 6.45) is 3.17. The maximum atomic E-state index is 12.5. The van der Waals surface area contributed by atoms with E-state index in [4.69, 9.17) is 0 Å². The molecule has 21 heavy (non-hydrogen) atoms. The molecule has 1 aromatic heterocycles. The molecule has 110 valence electrons. The van der Waals surface area contributed by atoms with Crippen LogP contribution < -0.4 is 5.32 Å².